The van der Waals surface area contributed by atoms with Gasteiger partial charge < -0.3 is 5.11 Å². The van der Waals surface area contributed by atoms with E-state index in [0.717, 1.165) is 11.8 Å². The summed E-state index contributed by atoms with van der Waals surface area (Å²) in [5, 5.41) is 8.85. The lowest BCUT2D eigenvalue weighted by Crippen LogP contribution is -2.11. The Morgan fingerprint density at radius 2 is 2.33 bits per heavy atom. The molecule has 1 nitrogen and oxygen atoms in total. The van der Waals surface area contributed by atoms with E-state index in [1.807, 2.05) is 0 Å². The number of fused-ring (bicyclic) bond motifs is 2. The summed E-state index contributed by atoms with van der Waals surface area (Å²) in [6.07, 6.45) is 5.41. The first-order valence-electron chi connectivity index (χ1n) is 3.85. The van der Waals surface area contributed by atoms with Crippen LogP contribution in [0.2, 0.25) is 0 Å². The number of rotatable bonds is 1. The van der Waals surface area contributed by atoms with Gasteiger partial charge in [-0.25, -0.2) is 0 Å². The van der Waals surface area contributed by atoms with Gasteiger partial charge in [0.15, 0.2) is 0 Å². The van der Waals surface area contributed by atoms with Crippen molar-refractivity contribution >= 4 is 0 Å². The SMILES string of the molecule is OC[C]1CC2CCC1C2. The maximum absolute atomic E-state index is 8.85. The molecule has 2 bridgehead atoms. The van der Waals surface area contributed by atoms with Crippen molar-refractivity contribution in [3.8, 4) is 0 Å². The summed E-state index contributed by atoms with van der Waals surface area (Å²) in [5.41, 5.74) is 0. The monoisotopic (exact) mass is 125 g/mol. The van der Waals surface area contributed by atoms with E-state index in [-0.39, 0.29) is 0 Å². The Kier molecular flexibility index (Phi) is 1.26. The summed E-state index contributed by atoms with van der Waals surface area (Å²) >= 11 is 0. The Morgan fingerprint density at radius 3 is 2.67 bits per heavy atom. The van der Waals surface area contributed by atoms with Crippen molar-refractivity contribution in [3.05, 3.63) is 5.92 Å². The molecule has 9 heavy (non-hydrogen) atoms. The summed E-state index contributed by atoms with van der Waals surface area (Å²) in [7, 11) is 0. The molecule has 1 N–H and O–H groups in total. The molecule has 1 radical (unpaired) electrons. The van der Waals surface area contributed by atoms with Gasteiger partial charge in [0.2, 0.25) is 0 Å². The summed E-state index contributed by atoms with van der Waals surface area (Å²) < 4.78 is 0. The second kappa shape index (κ2) is 1.98. The van der Waals surface area contributed by atoms with Crippen molar-refractivity contribution in [2.75, 3.05) is 6.61 Å². The van der Waals surface area contributed by atoms with Crippen LogP contribution in [0.15, 0.2) is 0 Å². The summed E-state index contributed by atoms with van der Waals surface area (Å²) in [6.45, 7) is 0.362. The average Bonchev–Trinajstić information content (AvgIpc) is 2.45. The highest BCUT2D eigenvalue weighted by Crippen LogP contribution is 2.49. The molecule has 2 saturated carbocycles. The lowest BCUT2D eigenvalue weighted by atomic mass is 9.90. The molecule has 0 amide bonds. The van der Waals surface area contributed by atoms with E-state index in [4.69, 9.17) is 5.11 Å². The fourth-order valence-electron chi connectivity index (χ4n) is 2.36. The maximum atomic E-state index is 8.85. The molecule has 0 heterocycles. The average molecular weight is 125 g/mol. The van der Waals surface area contributed by atoms with Crippen LogP contribution in [0.5, 0.6) is 0 Å². The number of aliphatic hydroxyl groups excluding tert-OH is 1. The first-order chi connectivity index (χ1) is 4.40. The minimum Gasteiger partial charge on any atom is -0.396 e. The van der Waals surface area contributed by atoms with E-state index < -0.39 is 0 Å². The highest BCUT2D eigenvalue weighted by molar-refractivity contribution is 5.08. The maximum Gasteiger partial charge on any atom is 0.0496 e. The van der Waals surface area contributed by atoms with E-state index in [1.165, 1.54) is 31.6 Å². The van der Waals surface area contributed by atoms with Crippen LogP contribution in [0.3, 0.4) is 0 Å². The van der Waals surface area contributed by atoms with Crippen molar-refractivity contribution in [2.24, 2.45) is 11.8 Å². The third kappa shape index (κ3) is 0.787. The minimum absolute atomic E-state index is 0.362. The van der Waals surface area contributed by atoms with E-state index in [2.05, 4.69) is 0 Å². The molecule has 2 aliphatic rings. The Labute approximate surface area is 56.1 Å². The van der Waals surface area contributed by atoms with Crippen LogP contribution in [0.1, 0.15) is 25.7 Å². The van der Waals surface area contributed by atoms with Gasteiger partial charge in [0.1, 0.15) is 0 Å². The number of hydrogen-bond donors (Lipinski definition) is 1. The van der Waals surface area contributed by atoms with Crippen molar-refractivity contribution in [1.82, 2.24) is 0 Å². The molecule has 2 fully saturated rings. The van der Waals surface area contributed by atoms with Crippen LogP contribution in [0.4, 0.5) is 0 Å². The highest BCUT2D eigenvalue weighted by Gasteiger charge is 2.39. The van der Waals surface area contributed by atoms with E-state index in [9.17, 15) is 0 Å². The lowest BCUT2D eigenvalue weighted by molar-refractivity contribution is 0.276. The molecular weight excluding hydrogens is 112 g/mol. The van der Waals surface area contributed by atoms with E-state index in [0.29, 0.717) is 6.61 Å². The summed E-state index contributed by atoms with van der Waals surface area (Å²) in [5.74, 6) is 3.21. The van der Waals surface area contributed by atoms with Gasteiger partial charge in [0.05, 0.1) is 0 Å². The normalized spacial score (nSPS) is 42.3. The van der Waals surface area contributed by atoms with Crippen LogP contribution in [0.25, 0.3) is 0 Å². The molecule has 1 heteroatoms. The molecule has 0 spiro atoms. The van der Waals surface area contributed by atoms with Crippen LogP contribution in [-0.4, -0.2) is 11.7 Å². The Morgan fingerprint density at radius 1 is 1.44 bits per heavy atom. The van der Waals surface area contributed by atoms with Crippen LogP contribution >= 0.6 is 0 Å². The van der Waals surface area contributed by atoms with E-state index >= 15 is 0 Å². The quantitative estimate of drug-likeness (QED) is 0.561. The van der Waals surface area contributed by atoms with Crippen molar-refractivity contribution in [2.45, 2.75) is 25.7 Å². The van der Waals surface area contributed by atoms with Gasteiger partial charge in [-0.1, -0.05) is 6.42 Å². The largest absolute Gasteiger partial charge is 0.396 e. The second-order valence-corrected chi connectivity index (χ2v) is 3.40. The molecule has 2 rings (SSSR count). The highest BCUT2D eigenvalue weighted by atomic mass is 16.3. The van der Waals surface area contributed by atoms with Gasteiger partial charge in [0.25, 0.3) is 0 Å². The second-order valence-electron chi connectivity index (χ2n) is 3.40. The molecule has 0 aromatic rings. The van der Waals surface area contributed by atoms with Gasteiger partial charge in [-0.05, 0) is 31.1 Å². The zero-order chi connectivity index (χ0) is 6.27. The molecule has 2 unspecified atom stereocenters. The lowest BCUT2D eigenvalue weighted by Gasteiger charge is -2.17. The fourth-order valence-corrected chi connectivity index (χ4v) is 2.36. The molecule has 2 atom stereocenters. The number of hydrogen-bond acceptors (Lipinski definition) is 1. The van der Waals surface area contributed by atoms with Crippen molar-refractivity contribution in [1.29, 1.82) is 0 Å². The van der Waals surface area contributed by atoms with Gasteiger partial charge in [-0.15, -0.1) is 0 Å². The van der Waals surface area contributed by atoms with Gasteiger partial charge in [0, 0.05) is 12.5 Å². The number of aliphatic hydroxyl groups is 1. The first-order valence-corrected chi connectivity index (χ1v) is 3.85. The Hall–Kier alpha value is -0.0400. The third-order valence-electron chi connectivity index (χ3n) is 2.87. The third-order valence-corrected chi connectivity index (χ3v) is 2.87. The molecule has 0 aromatic carbocycles. The van der Waals surface area contributed by atoms with E-state index in [1.54, 1.807) is 0 Å². The van der Waals surface area contributed by atoms with Crippen molar-refractivity contribution < 1.29 is 5.11 Å². The molecule has 0 saturated heterocycles. The fraction of sp³-hybridized carbons (Fsp3) is 0.875. The smallest absolute Gasteiger partial charge is 0.0496 e. The molecule has 0 aliphatic heterocycles. The standard InChI is InChI=1S/C8H13O/c9-5-8-4-6-1-2-7(8)3-6/h6-7,9H,1-5H2. The van der Waals surface area contributed by atoms with Gasteiger partial charge in [-0.3, -0.25) is 0 Å². The predicted molar refractivity (Wildman–Crippen MR) is 35.8 cm³/mol. The Balaban J connectivity index is 2.01. The molecule has 2 aliphatic carbocycles. The predicted octanol–water partition coefficient (Wildman–Crippen LogP) is 1.37. The zero-order valence-corrected chi connectivity index (χ0v) is 5.64. The summed E-state index contributed by atoms with van der Waals surface area (Å²) in [4.78, 5) is 0. The minimum atomic E-state index is 0.362. The Bertz CT molecular complexity index is 111. The van der Waals surface area contributed by atoms with Crippen molar-refractivity contribution in [3.63, 3.8) is 0 Å². The molecule has 51 valence electrons. The molecule has 0 aromatic heterocycles. The van der Waals surface area contributed by atoms with Crippen LogP contribution < -0.4 is 0 Å². The van der Waals surface area contributed by atoms with Crippen LogP contribution in [0, 0.1) is 17.8 Å². The van der Waals surface area contributed by atoms with Gasteiger partial charge >= 0.3 is 0 Å². The topological polar surface area (TPSA) is 20.2 Å². The van der Waals surface area contributed by atoms with Crippen LogP contribution in [-0.2, 0) is 0 Å². The zero-order valence-electron chi connectivity index (χ0n) is 5.64. The molecular formula is C8H13O. The van der Waals surface area contributed by atoms with Gasteiger partial charge in [-0.2, -0.15) is 0 Å². The first kappa shape index (κ1) is 5.72. The summed E-state index contributed by atoms with van der Waals surface area (Å²) in [6, 6.07) is 0.